The molecule has 2 saturated heterocycles. The van der Waals surface area contributed by atoms with Crippen LogP contribution in [0.25, 0.3) is 11.1 Å². The monoisotopic (exact) mass is 407 g/mol. The van der Waals surface area contributed by atoms with Gasteiger partial charge in [0.1, 0.15) is 0 Å². The smallest absolute Gasteiger partial charge is 0.317 e. The number of hydrogen-bond acceptors (Lipinski definition) is 4. The van der Waals surface area contributed by atoms with Crippen molar-refractivity contribution in [1.82, 2.24) is 14.7 Å². The van der Waals surface area contributed by atoms with Gasteiger partial charge in [-0.1, -0.05) is 42.5 Å². The molecule has 0 aliphatic carbocycles. The zero-order chi connectivity index (χ0) is 21.3. The van der Waals surface area contributed by atoms with Crippen molar-refractivity contribution < 1.29 is 14.7 Å². The Labute approximate surface area is 177 Å². The summed E-state index contributed by atoms with van der Waals surface area (Å²) in [6.45, 7) is 3.71. The number of rotatable bonds is 6. The molecule has 0 saturated carbocycles. The van der Waals surface area contributed by atoms with E-state index in [2.05, 4.69) is 4.90 Å². The minimum Gasteiger partial charge on any atom is -0.480 e. The summed E-state index contributed by atoms with van der Waals surface area (Å²) < 4.78 is 0. The number of aliphatic carboxylic acids is 1. The lowest BCUT2D eigenvalue weighted by molar-refractivity contribution is -0.138. The summed E-state index contributed by atoms with van der Waals surface area (Å²) in [6.07, 6.45) is 0. The quantitative estimate of drug-likeness (QED) is 0.797. The molecular formula is C24H29N3O3. The summed E-state index contributed by atoms with van der Waals surface area (Å²) in [5, 5.41) is 9.20. The lowest BCUT2D eigenvalue weighted by Crippen LogP contribution is -2.43. The number of nitrogens with zero attached hydrogens (tertiary/aromatic N) is 3. The van der Waals surface area contributed by atoms with Crippen LogP contribution >= 0.6 is 0 Å². The number of carboxylic acid groups (broad SMARTS) is 1. The van der Waals surface area contributed by atoms with E-state index >= 15 is 0 Å². The fourth-order valence-electron chi connectivity index (χ4n) is 5.26. The van der Waals surface area contributed by atoms with Crippen LogP contribution in [0.3, 0.4) is 0 Å². The zero-order valence-electron chi connectivity index (χ0n) is 17.6. The third kappa shape index (κ3) is 4.11. The van der Waals surface area contributed by atoms with Crippen LogP contribution in [0, 0.1) is 11.3 Å². The molecule has 2 aliphatic heterocycles. The van der Waals surface area contributed by atoms with Crippen LogP contribution in [-0.2, 0) is 4.79 Å². The molecule has 1 amide bonds. The molecule has 2 fully saturated rings. The molecule has 0 spiro atoms. The Kier molecular flexibility index (Phi) is 5.62. The summed E-state index contributed by atoms with van der Waals surface area (Å²) in [5.41, 5.74) is 2.76. The summed E-state index contributed by atoms with van der Waals surface area (Å²) in [4.78, 5) is 30.7. The molecular weight excluding hydrogens is 378 g/mol. The van der Waals surface area contributed by atoms with Crippen LogP contribution in [-0.4, -0.2) is 85.0 Å². The second-order valence-corrected chi connectivity index (χ2v) is 8.99. The van der Waals surface area contributed by atoms with Crippen LogP contribution in [0.2, 0.25) is 0 Å². The van der Waals surface area contributed by atoms with E-state index in [1.165, 1.54) is 0 Å². The number of fused-ring (bicyclic) bond motifs is 1. The van der Waals surface area contributed by atoms with Crippen LogP contribution in [0.4, 0.5) is 0 Å². The minimum absolute atomic E-state index is 0.0603. The van der Waals surface area contributed by atoms with Gasteiger partial charge < -0.3 is 14.9 Å². The maximum absolute atomic E-state index is 13.4. The first-order chi connectivity index (χ1) is 14.4. The number of carbonyl (C=O) groups is 2. The Morgan fingerprint density at radius 2 is 1.77 bits per heavy atom. The highest BCUT2D eigenvalue weighted by Crippen LogP contribution is 2.43. The molecule has 0 radical (unpaired) electrons. The number of carbonyl (C=O) groups excluding carboxylic acids is 1. The Morgan fingerprint density at radius 3 is 2.47 bits per heavy atom. The second-order valence-electron chi connectivity index (χ2n) is 8.99. The molecule has 2 aromatic rings. The van der Waals surface area contributed by atoms with E-state index in [1.807, 2.05) is 78.5 Å². The van der Waals surface area contributed by atoms with Crippen molar-refractivity contribution in [2.45, 2.75) is 0 Å². The maximum atomic E-state index is 13.4. The first-order valence-corrected chi connectivity index (χ1v) is 10.4. The molecule has 2 atom stereocenters. The molecule has 2 heterocycles. The molecule has 0 aromatic heterocycles. The Hall–Kier alpha value is -2.70. The maximum Gasteiger partial charge on any atom is 0.317 e. The predicted octanol–water partition coefficient (Wildman–Crippen LogP) is 2.37. The van der Waals surface area contributed by atoms with E-state index in [-0.39, 0.29) is 17.9 Å². The summed E-state index contributed by atoms with van der Waals surface area (Å²) in [7, 11) is 4.08. The van der Waals surface area contributed by atoms with Crippen molar-refractivity contribution in [1.29, 1.82) is 0 Å². The molecule has 6 nitrogen and oxygen atoms in total. The SMILES string of the molecule is CN(C)C[C@]12CN(CC(=O)O)C[C@H]1CN(C(=O)c1cccc(-c3ccccc3)c1)C2. The van der Waals surface area contributed by atoms with Crippen molar-refractivity contribution in [3.05, 3.63) is 60.2 Å². The zero-order valence-corrected chi connectivity index (χ0v) is 17.6. The van der Waals surface area contributed by atoms with Gasteiger partial charge in [-0.3, -0.25) is 14.5 Å². The highest BCUT2D eigenvalue weighted by Gasteiger charge is 2.53. The van der Waals surface area contributed by atoms with E-state index in [9.17, 15) is 14.7 Å². The fourth-order valence-corrected chi connectivity index (χ4v) is 5.26. The average Bonchev–Trinajstić information content (AvgIpc) is 3.19. The van der Waals surface area contributed by atoms with Crippen LogP contribution in [0.5, 0.6) is 0 Å². The van der Waals surface area contributed by atoms with Gasteiger partial charge in [-0.05, 0) is 43.3 Å². The van der Waals surface area contributed by atoms with Crippen molar-refractivity contribution in [2.75, 3.05) is 53.4 Å². The lowest BCUT2D eigenvalue weighted by Gasteiger charge is -2.32. The molecule has 2 aromatic carbocycles. The molecule has 158 valence electrons. The lowest BCUT2D eigenvalue weighted by atomic mass is 9.80. The number of benzene rings is 2. The Morgan fingerprint density at radius 1 is 1.03 bits per heavy atom. The van der Waals surface area contributed by atoms with E-state index in [1.54, 1.807) is 0 Å². The Bertz CT molecular complexity index is 930. The van der Waals surface area contributed by atoms with Gasteiger partial charge in [-0.15, -0.1) is 0 Å². The summed E-state index contributed by atoms with van der Waals surface area (Å²) in [6, 6.07) is 17.9. The second kappa shape index (κ2) is 8.20. The molecule has 2 aliphatic rings. The van der Waals surface area contributed by atoms with Gasteiger partial charge in [0.25, 0.3) is 5.91 Å². The third-order valence-electron chi connectivity index (χ3n) is 6.32. The summed E-state index contributed by atoms with van der Waals surface area (Å²) in [5.74, 6) is -0.439. The van der Waals surface area contributed by atoms with Crippen LogP contribution < -0.4 is 0 Å². The van der Waals surface area contributed by atoms with Crippen molar-refractivity contribution in [2.24, 2.45) is 11.3 Å². The van der Waals surface area contributed by atoms with Gasteiger partial charge in [0, 0.05) is 43.7 Å². The molecule has 0 unspecified atom stereocenters. The standard InChI is InChI=1S/C24H29N3O3/c1-25(2)15-24-16-26(14-22(28)29)12-21(24)13-27(17-24)23(30)20-10-6-9-19(11-20)18-7-4-3-5-8-18/h3-11,21H,12-17H2,1-2H3,(H,28,29)/t21-,24+/m0/s1. The molecule has 1 N–H and O–H groups in total. The topological polar surface area (TPSA) is 64.1 Å². The van der Waals surface area contributed by atoms with Crippen molar-refractivity contribution in [3.8, 4) is 11.1 Å². The van der Waals surface area contributed by atoms with Gasteiger partial charge in [0.15, 0.2) is 0 Å². The molecule has 30 heavy (non-hydrogen) atoms. The summed E-state index contributed by atoms with van der Waals surface area (Å²) >= 11 is 0. The van der Waals surface area contributed by atoms with Gasteiger partial charge in [0.2, 0.25) is 0 Å². The normalized spacial score (nSPS) is 23.7. The van der Waals surface area contributed by atoms with E-state index in [0.29, 0.717) is 24.6 Å². The van der Waals surface area contributed by atoms with Gasteiger partial charge in [-0.25, -0.2) is 0 Å². The van der Waals surface area contributed by atoms with Gasteiger partial charge in [0.05, 0.1) is 6.54 Å². The first-order valence-electron chi connectivity index (χ1n) is 10.4. The van der Waals surface area contributed by atoms with Gasteiger partial charge >= 0.3 is 5.97 Å². The number of likely N-dealkylation sites (tertiary alicyclic amines) is 2. The van der Waals surface area contributed by atoms with Crippen LogP contribution in [0.1, 0.15) is 10.4 Å². The average molecular weight is 408 g/mol. The molecule has 0 bridgehead atoms. The molecule has 6 heteroatoms. The largest absolute Gasteiger partial charge is 0.480 e. The first kappa shape index (κ1) is 20.6. The third-order valence-corrected chi connectivity index (χ3v) is 6.32. The predicted molar refractivity (Wildman–Crippen MR) is 116 cm³/mol. The number of carboxylic acids is 1. The van der Waals surface area contributed by atoms with E-state index in [4.69, 9.17) is 0 Å². The van der Waals surface area contributed by atoms with E-state index in [0.717, 1.165) is 30.8 Å². The van der Waals surface area contributed by atoms with Crippen molar-refractivity contribution in [3.63, 3.8) is 0 Å². The highest BCUT2D eigenvalue weighted by molar-refractivity contribution is 5.95. The molecule has 4 rings (SSSR count). The van der Waals surface area contributed by atoms with E-state index < -0.39 is 5.97 Å². The van der Waals surface area contributed by atoms with Gasteiger partial charge in [-0.2, -0.15) is 0 Å². The van der Waals surface area contributed by atoms with Crippen molar-refractivity contribution >= 4 is 11.9 Å². The fraction of sp³-hybridized carbons (Fsp3) is 0.417. The van der Waals surface area contributed by atoms with Crippen LogP contribution in [0.15, 0.2) is 54.6 Å². The number of amides is 1. The Balaban J connectivity index is 1.53. The number of hydrogen-bond donors (Lipinski definition) is 1. The minimum atomic E-state index is -0.791. The highest BCUT2D eigenvalue weighted by atomic mass is 16.4.